The molecule has 1 amide bonds. The van der Waals surface area contributed by atoms with E-state index >= 15 is 0 Å². The van der Waals surface area contributed by atoms with Gasteiger partial charge < -0.3 is 19.4 Å². The van der Waals surface area contributed by atoms with Crippen molar-refractivity contribution < 1.29 is 19.1 Å². The van der Waals surface area contributed by atoms with E-state index < -0.39 is 11.5 Å². The van der Waals surface area contributed by atoms with Gasteiger partial charge in [0, 0.05) is 24.5 Å². The van der Waals surface area contributed by atoms with Crippen LogP contribution in [-0.2, 0) is 19.1 Å². The van der Waals surface area contributed by atoms with Crippen molar-refractivity contribution in [2.24, 2.45) is 0 Å². The summed E-state index contributed by atoms with van der Waals surface area (Å²) < 4.78 is 12.6. The molecule has 31 heavy (non-hydrogen) atoms. The van der Waals surface area contributed by atoms with Crippen LogP contribution >= 0.6 is 0 Å². The van der Waals surface area contributed by atoms with Crippen molar-refractivity contribution in [2.75, 3.05) is 19.8 Å². The molecule has 3 heterocycles. The highest BCUT2D eigenvalue weighted by atomic mass is 16.5. The summed E-state index contributed by atoms with van der Waals surface area (Å²) in [7, 11) is 0. The standard InChI is InChI=1S/C22H35N5O4/c1-3-5-6-7-10-22(11-8-19(25-26-22)27-13-12-23-16-27)21(29)24-18-9-14-30-15-17(18)20(28)31-4-2/h12-13,16,19,25-26H,3-11,14-15H2,1-2H3,(H,24,29). The summed E-state index contributed by atoms with van der Waals surface area (Å²) in [4.78, 5) is 29.9. The number of ether oxygens (including phenoxy) is 2. The van der Waals surface area contributed by atoms with Gasteiger partial charge in [0.1, 0.15) is 5.54 Å². The maximum Gasteiger partial charge on any atom is 0.338 e. The van der Waals surface area contributed by atoms with Gasteiger partial charge in [0.15, 0.2) is 0 Å². The van der Waals surface area contributed by atoms with Crippen molar-refractivity contribution in [3.05, 3.63) is 30.0 Å². The van der Waals surface area contributed by atoms with Crippen LogP contribution in [0.15, 0.2) is 30.0 Å². The molecule has 9 nitrogen and oxygen atoms in total. The van der Waals surface area contributed by atoms with Crippen molar-refractivity contribution in [3.63, 3.8) is 0 Å². The molecule has 3 rings (SSSR count). The molecule has 172 valence electrons. The molecule has 1 saturated heterocycles. The second-order valence-electron chi connectivity index (χ2n) is 8.16. The number of carbonyl (C=O) groups is 2. The van der Waals surface area contributed by atoms with E-state index in [1.807, 2.05) is 10.8 Å². The molecule has 0 aliphatic carbocycles. The van der Waals surface area contributed by atoms with Gasteiger partial charge in [0.25, 0.3) is 0 Å². The normalized spacial score (nSPS) is 24.1. The first-order chi connectivity index (χ1) is 15.1. The van der Waals surface area contributed by atoms with Crippen LogP contribution in [0.3, 0.4) is 0 Å². The molecule has 0 spiro atoms. The maximum atomic E-state index is 13.5. The van der Waals surface area contributed by atoms with Gasteiger partial charge in [-0.25, -0.2) is 20.6 Å². The van der Waals surface area contributed by atoms with Gasteiger partial charge in [-0.1, -0.05) is 32.6 Å². The van der Waals surface area contributed by atoms with E-state index in [2.05, 4.69) is 28.1 Å². The van der Waals surface area contributed by atoms with Gasteiger partial charge in [0.05, 0.1) is 37.9 Å². The third-order valence-electron chi connectivity index (χ3n) is 5.99. The Morgan fingerprint density at radius 2 is 2.23 bits per heavy atom. The minimum atomic E-state index is -0.740. The number of hydrogen-bond acceptors (Lipinski definition) is 7. The third-order valence-corrected chi connectivity index (χ3v) is 5.99. The monoisotopic (exact) mass is 433 g/mol. The number of hydrogen-bond donors (Lipinski definition) is 3. The lowest BCUT2D eigenvalue weighted by Crippen LogP contribution is -2.65. The number of hydrazine groups is 1. The van der Waals surface area contributed by atoms with E-state index in [-0.39, 0.29) is 25.3 Å². The molecule has 1 aromatic heterocycles. The van der Waals surface area contributed by atoms with Gasteiger partial charge in [-0.3, -0.25) is 4.79 Å². The van der Waals surface area contributed by atoms with Crippen molar-refractivity contribution in [1.82, 2.24) is 25.7 Å². The first-order valence-electron chi connectivity index (χ1n) is 11.4. The molecule has 1 fully saturated rings. The van der Waals surface area contributed by atoms with Crippen molar-refractivity contribution in [1.29, 1.82) is 0 Å². The van der Waals surface area contributed by atoms with Gasteiger partial charge in [-0.15, -0.1) is 0 Å². The Labute approximate surface area is 183 Å². The molecule has 0 radical (unpaired) electrons. The van der Waals surface area contributed by atoms with E-state index in [4.69, 9.17) is 9.47 Å². The number of imidazole rings is 1. The number of amides is 1. The topological polar surface area (TPSA) is 107 Å². The minimum absolute atomic E-state index is 0.0384. The molecule has 2 atom stereocenters. The SMILES string of the molecule is CCCCCCC1(C(=O)NC2=C(C(=O)OCC)COCC2)CCC(n2ccnc2)NN1. The zero-order valence-corrected chi connectivity index (χ0v) is 18.6. The summed E-state index contributed by atoms with van der Waals surface area (Å²) in [5.41, 5.74) is 6.91. The van der Waals surface area contributed by atoms with Crippen LogP contribution in [0.25, 0.3) is 0 Å². The zero-order chi connectivity index (χ0) is 22.1. The van der Waals surface area contributed by atoms with Crippen LogP contribution in [0.2, 0.25) is 0 Å². The predicted octanol–water partition coefficient (Wildman–Crippen LogP) is 2.33. The zero-order valence-electron chi connectivity index (χ0n) is 18.6. The summed E-state index contributed by atoms with van der Waals surface area (Å²) in [6.45, 7) is 4.85. The first-order valence-corrected chi connectivity index (χ1v) is 11.4. The molecule has 2 unspecified atom stereocenters. The number of carbonyl (C=O) groups excluding carboxylic acids is 2. The molecule has 2 aliphatic heterocycles. The van der Waals surface area contributed by atoms with E-state index in [0.29, 0.717) is 30.7 Å². The highest BCUT2D eigenvalue weighted by Gasteiger charge is 2.42. The highest BCUT2D eigenvalue weighted by molar-refractivity contribution is 5.93. The number of nitrogens with one attached hydrogen (secondary N) is 3. The summed E-state index contributed by atoms with van der Waals surface area (Å²) in [6.07, 6.45) is 12.5. The fourth-order valence-corrected chi connectivity index (χ4v) is 4.12. The number of unbranched alkanes of at least 4 members (excludes halogenated alkanes) is 3. The van der Waals surface area contributed by atoms with Crippen molar-refractivity contribution >= 4 is 11.9 Å². The average Bonchev–Trinajstić information content (AvgIpc) is 3.32. The summed E-state index contributed by atoms with van der Waals surface area (Å²) >= 11 is 0. The Balaban J connectivity index is 1.73. The van der Waals surface area contributed by atoms with Gasteiger partial charge in [0.2, 0.25) is 5.91 Å². The maximum absolute atomic E-state index is 13.5. The average molecular weight is 434 g/mol. The molecule has 9 heteroatoms. The lowest BCUT2D eigenvalue weighted by atomic mass is 9.84. The fourth-order valence-electron chi connectivity index (χ4n) is 4.12. The minimum Gasteiger partial charge on any atom is -0.463 e. The van der Waals surface area contributed by atoms with Crippen LogP contribution in [0.5, 0.6) is 0 Å². The van der Waals surface area contributed by atoms with Gasteiger partial charge in [-0.05, 0) is 26.2 Å². The van der Waals surface area contributed by atoms with Crippen LogP contribution in [0.4, 0.5) is 0 Å². The van der Waals surface area contributed by atoms with Gasteiger partial charge in [-0.2, -0.15) is 0 Å². The molecule has 0 aromatic carbocycles. The molecular weight excluding hydrogens is 398 g/mol. The largest absolute Gasteiger partial charge is 0.463 e. The third kappa shape index (κ3) is 5.93. The Bertz CT molecular complexity index is 754. The van der Waals surface area contributed by atoms with Crippen LogP contribution in [0.1, 0.15) is 71.4 Å². The summed E-state index contributed by atoms with van der Waals surface area (Å²) in [5.74, 6) is -0.538. The number of nitrogens with zero attached hydrogens (tertiary/aromatic N) is 2. The molecular formula is C22H35N5O4. The van der Waals surface area contributed by atoms with Crippen molar-refractivity contribution in [3.8, 4) is 0 Å². The molecule has 0 bridgehead atoms. The number of rotatable bonds is 10. The summed E-state index contributed by atoms with van der Waals surface area (Å²) in [5, 5.41) is 3.05. The van der Waals surface area contributed by atoms with Crippen molar-refractivity contribution in [2.45, 2.75) is 76.9 Å². The molecule has 1 aromatic rings. The Morgan fingerprint density at radius 1 is 1.35 bits per heavy atom. The van der Waals surface area contributed by atoms with E-state index in [0.717, 1.165) is 38.5 Å². The molecule has 2 aliphatic rings. The fraction of sp³-hybridized carbons (Fsp3) is 0.682. The Kier molecular flexibility index (Phi) is 8.62. The van der Waals surface area contributed by atoms with Gasteiger partial charge >= 0.3 is 5.97 Å². The predicted molar refractivity (Wildman–Crippen MR) is 115 cm³/mol. The number of aromatic nitrogens is 2. The van der Waals surface area contributed by atoms with E-state index in [9.17, 15) is 9.59 Å². The van der Waals surface area contributed by atoms with Crippen LogP contribution in [-0.4, -0.2) is 46.8 Å². The quantitative estimate of drug-likeness (QED) is 0.384. The van der Waals surface area contributed by atoms with Crippen LogP contribution < -0.4 is 16.2 Å². The molecule has 3 N–H and O–H groups in total. The number of esters is 1. The summed E-state index contributed by atoms with van der Waals surface area (Å²) in [6, 6.07) is 0. The highest BCUT2D eigenvalue weighted by Crippen LogP contribution is 2.29. The lowest BCUT2D eigenvalue weighted by molar-refractivity contribution is -0.139. The first kappa shape index (κ1) is 23.4. The van der Waals surface area contributed by atoms with E-state index in [1.54, 1.807) is 19.4 Å². The van der Waals surface area contributed by atoms with Crippen LogP contribution in [0, 0.1) is 0 Å². The second-order valence-corrected chi connectivity index (χ2v) is 8.16. The second kappa shape index (κ2) is 11.4. The lowest BCUT2D eigenvalue weighted by Gasteiger charge is -2.41. The van der Waals surface area contributed by atoms with E-state index in [1.165, 1.54) is 0 Å². The molecule has 0 saturated carbocycles. The smallest absolute Gasteiger partial charge is 0.338 e. The Morgan fingerprint density at radius 3 is 2.90 bits per heavy atom. The Hall–Kier alpha value is -2.23.